The van der Waals surface area contributed by atoms with E-state index in [-0.39, 0.29) is 12.3 Å². The molecule has 1 fully saturated rings. The van der Waals surface area contributed by atoms with Gasteiger partial charge in [0, 0.05) is 28.2 Å². The van der Waals surface area contributed by atoms with Crippen molar-refractivity contribution in [1.82, 2.24) is 4.90 Å². The predicted octanol–water partition coefficient (Wildman–Crippen LogP) is 4.16. The van der Waals surface area contributed by atoms with Crippen molar-refractivity contribution in [3.05, 3.63) is 70.2 Å². The number of β-lactam (4-membered cyclic amide) rings is 1. The third kappa shape index (κ3) is 6.74. The molecule has 1 aliphatic rings. The molecular weight excluding hydrogens is 476 g/mol. The van der Waals surface area contributed by atoms with Crippen molar-refractivity contribution in [3.63, 3.8) is 0 Å². The van der Waals surface area contributed by atoms with E-state index in [9.17, 15) is 13.8 Å². The summed E-state index contributed by atoms with van der Waals surface area (Å²) in [6, 6.07) is 18.0. The second-order valence-corrected chi connectivity index (χ2v) is 10.4. The number of carbonyl (C=O) groups is 2. The van der Waals surface area contributed by atoms with E-state index in [0.717, 1.165) is 42.1 Å². The van der Waals surface area contributed by atoms with Crippen molar-refractivity contribution in [2.75, 3.05) is 6.54 Å². The molecule has 7 heteroatoms. The van der Waals surface area contributed by atoms with Crippen LogP contribution in [0.2, 0.25) is 0 Å². The van der Waals surface area contributed by atoms with E-state index in [1.807, 2.05) is 30.3 Å². The van der Waals surface area contributed by atoms with E-state index in [2.05, 4.69) is 40.2 Å². The van der Waals surface area contributed by atoms with Crippen molar-refractivity contribution >= 4 is 38.5 Å². The van der Waals surface area contributed by atoms with E-state index < -0.39 is 28.0 Å². The van der Waals surface area contributed by atoms with Crippen LogP contribution in [0.1, 0.15) is 43.2 Å². The standard InChI is InChI=1S/C24H29BrN2O3S/c25-20-13-11-18(12-14-20)8-4-1-2-7-15-27-23(29)21(16-22(26)28)24(27)31(30)17-19-9-5-3-6-10-19/h3,5-6,9-14,21,24H,1-2,4,7-8,15-17H2,(H2,26,28). The van der Waals surface area contributed by atoms with Crippen molar-refractivity contribution in [2.24, 2.45) is 11.7 Å². The number of benzene rings is 2. The number of nitrogens with two attached hydrogens (primary N) is 1. The van der Waals surface area contributed by atoms with Gasteiger partial charge in [-0.1, -0.05) is 71.2 Å². The number of hydrogen-bond donors (Lipinski definition) is 1. The van der Waals surface area contributed by atoms with Gasteiger partial charge in [0.25, 0.3) is 0 Å². The molecule has 2 aromatic carbocycles. The van der Waals surface area contributed by atoms with Gasteiger partial charge in [0.1, 0.15) is 5.37 Å². The first-order chi connectivity index (χ1) is 15.0. The molecule has 3 atom stereocenters. The van der Waals surface area contributed by atoms with Crippen LogP contribution in [-0.4, -0.2) is 32.8 Å². The largest absolute Gasteiger partial charge is 0.370 e. The van der Waals surface area contributed by atoms with E-state index >= 15 is 0 Å². The average Bonchev–Trinajstić information content (AvgIpc) is 2.75. The maximum Gasteiger partial charge on any atom is 0.230 e. The van der Waals surface area contributed by atoms with Gasteiger partial charge in [-0.25, -0.2) is 0 Å². The quantitative estimate of drug-likeness (QED) is 0.348. The van der Waals surface area contributed by atoms with Gasteiger partial charge in [-0.2, -0.15) is 0 Å². The molecule has 1 aliphatic heterocycles. The van der Waals surface area contributed by atoms with E-state index in [1.54, 1.807) is 4.90 Å². The summed E-state index contributed by atoms with van der Waals surface area (Å²) in [5, 5.41) is -0.428. The summed E-state index contributed by atoms with van der Waals surface area (Å²) in [6.45, 7) is 0.581. The number of carbonyl (C=O) groups excluding carboxylic acids is 2. The summed E-state index contributed by atoms with van der Waals surface area (Å²) in [4.78, 5) is 25.7. The monoisotopic (exact) mass is 504 g/mol. The highest BCUT2D eigenvalue weighted by atomic mass is 79.9. The van der Waals surface area contributed by atoms with Crippen LogP contribution in [0.4, 0.5) is 0 Å². The van der Waals surface area contributed by atoms with Crippen LogP contribution in [-0.2, 0) is 32.6 Å². The molecule has 1 saturated heterocycles. The summed E-state index contributed by atoms with van der Waals surface area (Å²) in [5.74, 6) is -0.801. The minimum absolute atomic E-state index is 0.0340. The van der Waals surface area contributed by atoms with Gasteiger partial charge in [-0.05, 0) is 42.5 Å². The first-order valence-electron chi connectivity index (χ1n) is 10.7. The Bertz CT molecular complexity index is 905. The highest BCUT2D eigenvalue weighted by Crippen LogP contribution is 2.33. The van der Waals surface area contributed by atoms with Crippen LogP contribution >= 0.6 is 15.9 Å². The summed E-state index contributed by atoms with van der Waals surface area (Å²) < 4.78 is 14.1. The highest BCUT2D eigenvalue weighted by molar-refractivity contribution is 9.10. The Kier molecular flexibility index (Phi) is 8.84. The normalized spacial score (nSPS) is 19.1. The van der Waals surface area contributed by atoms with E-state index in [1.165, 1.54) is 5.56 Å². The topological polar surface area (TPSA) is 80.5 Å². The minimum atomic E-state index is -1.27. The maximum atomic E-state index is 13.0. The average molecular weight is 505 g/mol. The minimum Gasteiger partial charge on any atom is -0.370 e. The molecule has 1 heterocycles. The predicted molar refractivity (Wildman–Crippen MR) is 127 cm³/mol. The number of halogens is 1. The van der Waals surface area contributed by atoms with Crippen molar-refractivity contribution in [2.45, 2.75) is 49.7 Å². The summed E-state index contributed by atoms with van der Waals surface area (Å²) in [5.41, 5.74) is 7.61. The van der Waals surface area contributed by atoms with Crippen molar-refractivity contribution in [3.8, 4) is 0 Å². The molecule has 31 heavy (non-hydrogen) atoms. The second-order valence-electron chi connectivity index (χ2n) is 8.00. The zero-order chi connectivity index (χ0) is 22.2. The molecule has 0 aliphatic carbocycles. The molecule has 0 radical (unpaired) electrons. The van der Waals surface area contributed by atoms with Crippen LogP contribution in [0, 0.1) is 5.92 Å². The summed E-state index contributed by atoms with van der Waals surface area (Å²) in [7, 11) is -1.27. The summed E-state index contributed by atoms with van der Waals surface area (Å²) >= 11 is 3.45. The van der Waals surface area contributed by atoms with Gasteiger partial charge in [-0.3, -0.25) is 13.8 Å². The summed E-state index contributed by atoms with van der Waals surface area (Å²) in [6.07, 6.45) is 5.07. The number of unbranched alkanes of at least 4 members (excludes halogenated alkanes) is 3. The Labute approximate surface area is 195 Å². The molecule has 5 nitrogen and oxygen atoms in total. The smallest absolute Gasteiger partial charge is 0.230 e. The van der Waals surface area contributed by atoms with E-state index in [4.69, 9.17) is 5.73 Å². The lowest BCUT2D eigenvalue weighted by Crippen LogP contribution is -2.63. The van der Waals surface area contributed by atoms with Crippen molar-refractivity contribution < 1.29 is 13.8 Å². The Morgan fingerprint density at radius 1 is 0.968 bits per heavy atom. The maximum absolute atomic E-state index is 13.0. The number of rotatable bonds is 12. The Morgan fingerprint density at radius 2 is 1.65 bits per heavy atom. The Balaban J connectivity index is 1.47. The molecule has 0 bridgehead atoms. The van der Waals surface area contributed by atoms with Crippen LogP contribution in [0.15, 0.2) is 59.1 Å². The molecule has 3 unspecified atom stereocenters. The fraction of sp³-hybridized carbons (Fsp3) is 0.417. The number of nitrogens with zero attached hydrogens (tertiary/aromatic N) is 1. The van der Waals surface area contributed by atoms with Crippen LogP contribution in [0.3, 0.4) is 0 Å². The highest BCUT2D eigenvalue weighted by Gasteiger charge is 2.50. The molecule has 2 amide bonds. The lowest BCUT2D eigenvalue weighted by molar-refractivity contribution is -0.152. The fourth-order valence-corrected chi connectivity index (χ4v) is 6.03. The van der Waals surface area contributed by atoms with E-state index in [0.29, 0.717) is 12.3 Å². The SMILES string of the molecule is NC(=O)CC1C(=O)N(CCCCCCc2ccc(Br)cc2)C1S(=O)Cc1ccccc1. The zero-order valence-electron chi connectivity index (χ0n) is 17.5. The first kappa shape index (κ1) is 23.7. The number of likely N-dealkylation sites (tertiary alicyclic amines) is 1. The van der Waals surface area contributed by atoms with Gasteiger partial charge in [0.05, 0.1) is 11.7 Å². The van der Waals surface area contributed by atoms with Gasteiger partial charge < -0.3 is 10.6 Å². The third-order valence-electron chi connectivity index (χ3n) is 5.62. The molecule has 2 aromatic rings. The molecule has 0 saturated carbocycles. The lowest BCUT2D eigenvalue weighted by atomic mass is 9.93. The molecule has 2 N–H and O–H groups in total. The third-order valence-corrected chi connectivity index (χ3v) is 7.89. The lowest BCUT2D eigenvalue weighted by Gasteiger charge is -2.46. The number of aryl methyl sites for hydroxylation is 1. The number of amides is 2. The molecule has 3 rings (SSSR count). The first-order valence-corrected chi connectivity index (χ1v) is 12.9. The number of hydrogen-bond acceptors (Lipinski definition) is 3. The molecule has 166 valence electrons. The van der Waals surface area contributed by atoms with Crippen LogP contribution in [0.5, 0.6) is 0 Å². The van der Waals surface area contributed by atoms with Gasteiger partial charge in [0.15, 0.2) is 0 Å². The zero-order valence-corrected chi connectivity index (χ0v) is 19.9. The van der Waals surface area contributed by atoms with Gasteiger partial charge in [0.2, 0.25) is 11.8 Å². The van der Waals surface area contributed by atoms with Gasteiger partial charge in [-0.15, -0.1) is 0 Å². The number of primary amides is 1. The van der Waals surface area contributed by atoms with Gasteiger partial charge >= 0.3 is 0 Å². The fourth-order valence-electron chi connectivity index (χ4n) is 4.00. The Morgan fingerprint density at radius 3 is 2.32 bits per heavy atom. The molecule has 0 aromatic heterocycles. The van der Waals surface area contributed by atoms with Crippen LogP contribution < -0.4 is 5.73 Å². The second kappa shape index (κ2) is 11.6. The van der Waals surface area contributed by atoms with Crippen molar-refractivity contribution in [1.29, 1.82) is 0 Å². The van der Waals surface area contributed by atoms with Crippen LogP contribution in [0.25, 0.3) is 0 Å². The molecular formula is C24H29BrN2O3S. The Hall–Kier alpha value is -1.99. The molecule has 0 spiro atoms.